The number of ether oxygens (including phenoxy) is 3. The lowest BCUT2D eigenvalue weighted by Crippen LogP contribution is -2.18. The molecule has 0 fully saturated rings. The number of nitrogens with one attached hydrogen (secondary N) is 1. The van der Waals surface area contributed by atoms with Crippen molar-refractivity contribution in [3.8, 4) is 22.6 Å². The molecule has 1 atom stereocenters. The topological polar surface area (TPSA) is 56.8 Å². The van der Waals surface area contributed by atoms with Crippen molar-refractivity contribution in [2.45, 2.75) is 12.5 Å². The van der Waals surface area contributed by atoms with Crippen LogP contribution in [0.4, 0.5) is 5.69 Å². The Morgan fingerprint density at radius 3 is 2.88 bits per heavy atom. The first-order chi connectivity index (χ1) is 12.2. The second kappa shape index (κ2) is 7.40. The van der Waals surface area contributed by atoms with Crippen molar-refractivity contribution in [3.63, 3.8) is 0 Å². The van der Waals surface area contributed by atoms with Gasteiger partial charge in [0.25, 0.3) is 0 Å². The molecule has 1 unspecified atom stereocenters. The van der Waals surface area contributed by atoms with Gasteiger partial charge < -0.3 is 19.5 Å². The number of amides is 1. The van der Waals surface area contributed by atoms with Crippen LogP contribution in [0, 0.1) is 0 Å². The number of rotatable bonds is 6. The van der Waals surface area contributed by atoms with Crippen LogP contribution >= 0.6 is 0 Å². The molecule has 1 amide bonds. The van der Waals surface area contributed by atoms with E-state index in [-0.39, 0.29) is 18.6 Å². The van der Waals surface area contributed by atoms with Crippen LogP contribution in [-0.2, 0) is 9.53 Å². The Hall–Kier alpha value is -2.79. The van der Waals surface area contributed by atoms with Gasteiger partial charge in [-0.25, -0.2) is 0 Å². The predicted molar refractivity (Wildman–Crippen MR) is 97.1 cm³/mol. The van der Waals surface area contributed by atoms with Gasteiger partial charge in [0.05, 0.1) is 12.7 Å². The molecule has 0 radical (unpaired) electrons. The lowest BCUT2D eigenvalue weighted by molar-refractivity contribution is -0.119. The first-order valence-corrected chi connectivity index (χ1v) is 8.05. The number of carbonyl (C=O) groups is 1. The summed E-state index contributed by atoms with van der Waals surface area (Å²) >= 11 is 0. The van der Waals surface area contributed by atoms with Crippen LogP contribution < -0.4 is 14.8 Å². The zero-order chi connectivity index (χ0) is 17.8. The molecule has 0 aromatic heterocycles. The molecular weight excluding hydrogens is 318 g/mol. The van der Waals surface area contributed by atoms with Gasteiger partial charge in [0.2, 0.25) is 5.91 Å². The van der Waals surface area contributed by atoms with E-state index in [4.69, 9.17) is 14.2 Å². The molecule has 1 aliphatic rings. The summed E-state index contributed by atoms with van der Waals surface area (Å²) in [5.74, 6) is 1.35. The molecule has 0 aliphatic carbocycles. The summed E-state index contributed by atoms with van der Waals surface area (Å²) in [5.41, 5.74) is 3.66. The van der Waals surface area contributed by atoms with E-state index in [1.54, 1.807) is 7.11 Å². The SMILES string of the molecule is C=CCC1Oc2cccc(OC)c2-c2ccc(NC(=O)COC)cc21. The third-order valence-electron chi connectivity index (χ3n) is 4.08. The largest absolute Gasteiger partial charge is 0.496 e. The van der Waals surface area contributed by atoms with Gasteiger partial charge in [0.1, 0.15) is 24.2 Å². The first kappa shape index (κ1) is 17.0. The summed E-state index contributed by atoms with van der Waals surface area (Å²) in [5, 5.41) is 2.83. The molecule has 5 heteroatoms. The molecule has 0 spiro atoms. The molecule has 2 aromatic rings. The Morgan fingerprint density at radius 1 is 1.32 bits per heavy atom. The van der Waals surface area contributed by atoms with Crippen LogP contribution in [0.2, 0.25) is 0 Å². The number of hydrogen-bond acceptors (Lipinski definition) is 4. The minimum atomic E-state index is -0.197. The number of carbonyl (C=O) groups excluding carboxylic acids is 1. The molecule has 3 rings (SSSR count). The van der Waals surface area contributed by atoms with Crippen LogP contribution in [0.5, 0.6) is 11.5 Å². The Labute approximate surface area is 147 Å². The smallest absolute Gasteiger partial charge is 0.250 e. The summed E-state index contributed by atoms with van der Waals surface area (Å²) in [7, 11) is 3.13. The van der Waals surface area contributed by atoms with Gasteiger partial charge in [-0.15, -0.1) is 6.58 Å². The summed E-state index contributed by atoms with van der Waals surface area (Å²) in [6, 6.07) is 11.6. The lowest BCUT2D eigenvalue weighted by atomic mass is 9.90. The molecule has 1 N–H and O–H groups in total. The van der Waals surface area contributed by atoms with Crippen LogP contribution in [0.1, 0.15) is 18.1 Å². The van der Waals surface area contributed by atoms with E-state index in [1.807, 2.05) is 42.5 Å². The molecule has 0 saturated heterocycles. The van der Waals surface area contributed by atoms with Crippen LogP contribution in [0.3, 0.4) is 0 Å². The fourth-order valence-electron chi connectivity index (χ4n) is 3.05. The maximum absolute atomic E-state index is 11.8. The van der Waals surface area contributed by atoms with Crippen molar-refractivity contribution in [3.05, 3.63) is 54.6 Å². The van der Waals surface area contributed by atoms with Gasteiger partial charge in [-0.1, -0.05) is 18.2 Å². The fourth-order valence-corrected chi connectivity index (χ4v) is 3.05. The fraction of sp³-hybridized carbons (Fsp3) is 0.250. The van der Waals surface area contributed by atoms with Gasteiger partial charge in [-0.3, -0.25) is 4.79 Å². The summed E-state index contributed by atoms with van der Waals surface area (Å²) < 4.78 is 16.5. The predicted octanol–water partition coefficient (Wildman–Crippen LogP) is 3.96. The third kappa shape index (κ3) is 3.37. The van der Waals surface area contributed by atoms with E-state index in [0.717, 1.165) is 28.2 Å². The number of benzene rings is 2. The molecule has 0 bridgehead atoms. The van der Waals surface area contributed by atoms with Gasteiger partial charge in [0.15, 0.2) is 0 Å². The highest BCUT2D eigenvalue weighted by Crippen LogP contribution is 2.48. The summed E-state index contributed by atoms with van der Waals surface area (Å²) in [6.45, 7) is 3.84. The Morgan fingerprint density at radius 2 is 2.16 bits per heavy atom. The second-order valence-electron chi connectivity index (χ2n) is 5.75. The summed E-state index contributed by atoms with van der Waals surface area (Å²) in [4.78, 5) is 11.8. The summed E-state index contributed by atoms with van der Waals surface area (Å²) in [6.07, 6.45) is 2.33. The van der Waals surface area contributed by atoms with Crippen molar-refractivity contribution in [1.29, 1.82) is 0 Å². The second-order valence-corrected chi connectivity index (χ2v) is 5.75. The third-order valence-corrected chi connectivity index (χ3v) is 4.08. The van der Waals surface area contributed by atoms with E-state index in [2.05, 4.69) is 11.9 Å². The monoisotopic (exact) mass is 339 g/mol. The van der Waals surface area contributed by atoms with E-state index >= 15 is 0 Å². The van der Waals surface area contributed by atoms with Crippen molar-refractivity contribution in [2.75, 3.05) is 26.1 Å². The van der Waals surface area contributed by atoms with E-state index in [1.165, 1.54) is 7.11 Å². The van der Waals surface area contributed by atoms with Crippen molar-refractivity contribution < 1.29 is 19.0 Å². The molecule has 130 valence electrons. The van der Waals surface area contributed by atoms with Crippen LogP contribution in [0.25, 0.3) is 11.1 Å². The minimum absolute atomic E-state index is 0.0142. The number of fused-ring (bicyclic) bond motifs is 3. The quantitative estimate of drug-likeness (QED) is 0.810. The van der Waals surface area contributed by atoms with Gasteiger partial charge >= 0.3 is 0 Å². The van der Waals surface area contributed by atoms with Crippen molar-refractivity contribution >= 4 is 11.6 Å². The molecule has 2 aromatic carbocycles. The Kier molecular flexibility index (Phi) is 5.05. The molecule has 25 heavy (non-hydrogen) atoms. The maximum Gasteiger partial charge on any atom is 0.250 e. The zero-order valence-corrected chi connectivity index (χ0v) is 14.4. The average Bonchev–Trinajstić information content (AvgIpc) is 2.61. The standard InChI is InChI=1S/C20H21NO4/c1-4-6-16-15-11-13(21-19(22)12-23-2)9-10-14(15)20-17(24-3)7-5-8-18(20)25-16/h4-5,7-11,16H,1,6,12H2,2-3H3,(H,21,22). The highest BCUT2D eigenvalue weighted by molar-refractivity contribution is 5.92. The highest BCUT2D eigenvalue weighted by atomic mass is 16.5. The normalized spacial score (nSPS) is 14.7. The number of hydrogen-bond donors (Lipinski definition) is 1. The number of methoxy groups -OCH3 is 2. The van der Waals surface area contributed by atoms with Crippen molar-refractivity contribution in [1.82, 2.24) is 0 Å². The molecule has 5 nitrogen and oxygen atoms in total. The van der Waals surface area contributed by atoms with Crippen LogP contribution in [0.15, 0.2) is 49.1 Å². The van der Waals surface area contributed by atoms with Gasteiger partial charge in [0, 0.05) is 24.8 Å². The minimum Gasteiger partial charge on any atom is -0.496 e. The van der Waals surface area contributed by atoms with E-state index in [9.17, 15) is 4.79 Å². The molecular formula is C20H21NO4. The average molecular weight is 339 g/mol. The first-order valence-electron chi connectivity index (χ1n) is 8.05. The highest BCUT2D eigenvalue weighted by Gasteiger charge is 2.28. The van der Waals surface area contributed by atoms with E-state index in [0.29, 0.717) is 12.1 Å². The maximum atomic E-state index is 11.8. The lowest BCUT2D eigenvalue weighted by Gasteiger charge is -2.29. The van der Waals surface area contributed by atoms with Crippen LogP contribution in [-0.4, -0.2) is 26.7 Å². The molecule has 1 aliphatic heterocycles. The van der Waals surface area contributed by atoms with Gasteiger partial charge in [-0.2, -0.15) is 0 Å². The Balaban J connectivity index is 2.06. The van der Waals surface area contributed by atoms with E-state index < -0.39 is 0 Å². The van der Waals surface area contributed by atoms with Gasteiger partial charge in [-0.05, 0) is 29.8 Å². The number of anilines is 1. The Bertz CT molecular complexity index is 800. The van der Waals surface area contributed by atoms with Crippen molar-refractivity contribution in [2.24, 2.45) is 0 Å². The molecule has 0 saturated carbocycles. The molecule has 1 heterocycles. The zero-order valence-electron chi connectivity index (χ0n) is 14.4.